The van der Waals surface area contributed by atoms with Crippen molar-refractivity contribution < 1.29 is 14.6 Å². The first-order valence-electron chi connectivity index (χ1n) is 10.9. The van der Waals surface area contributed by atoms with Crippen molar-refractivity contribution in [3.05, 3.63) is 59.7 Å². The quantitative estimate of drug-likeness (QED) is 0.282. The van der Waals surface area contributed by atoms with E-state index in [1.165, 1.54) is 5.56 Å². The summed E-state index contributed by atoms with van der Waals surface area (Å²) in [6.45, 7) is 8.64. The minimum Gasteiger partial charge on any atom is -0.493 e. The van der Waals surface area contributed by atoms with E-state index in [1.807, 2.05) is 18.2 Å². The third-order valence-corrected chi connectivity index (χ3v) is 5.24. The molecule has 8 heteroatoms. The summed E-state index contributed by atoms with van der Waals surface area (Å²) in [5.74, 6) is 2.23. The second kappa shape index (κ2) is 14.2. The number of hydrogen-bond acceptors (Lipinski definition) is 5. The van der Waals surface area contributed by atoms with Gasteiger partial charge in [0.2, 0.25) is 0 Å². The molecule has 7 nitrogen and oxygen atoms in total. The summed E-state index contributed by atoms with van der Waals surface area (Å²) in [5.41, 5.74) is 2.41. The summed E-state index contributed by atoms with van der Waals surface area (Å²) in [6.07, 6.45) is 0. The number of benzene rings is 2. The van der Waals surface area contributed by atoms with Gasteiger partial charge >= 0.3 is 0 Å². The Morgan fingerprint density at radius 2 is 1.78 bits per heavy atom. The van der Waals surface area contributed by atoms with Crippen LogP contribution in [-0.4, -0.2) is 73.9 Å². The predicted octanol–water partition coefficient (Wildman–Crippen LogP) is 2.97. The molecule has 2 aromatic rings. The van der Waals surface area contributed by atoms with Crippen LogP contribution in [0.2, 0.25) is 0 Å². The molecule has 1 aliphatic rings. The number of rotatable bonds is 9. The fourth-order valence-corrected chi connectivity index (χ4v) is 3.64. The number of nitrogens with one attached hydrogen (secondary N) is 1. The normalized spacial score (nSPS) is 14.6. The lowest BCUT2D eigenvalue weighted by atomic mass is 10.2. The largest absolute Gasteiger partial charge is 0.493 e. The standard InChI is InChI=1S/C24H34N4O3.HI/c1-3-25-24(26-18-21-9-10-22(31-16-15-29)23(17-21)30-2)28-13-11-27(12-14-28)19-20-7-5-4-6-8-20;/h4-10,17,29H,3,11-16,18-19H2,1-2H3,(H,25,26);1H. The monoisotopic (exact) mass is 554 g/mol. The van der Waals surface area contributed by atoms with Crippen LogP contribution in [0.1, 0.15) is 18.1 Å². The summed E-state index contributed by atoms with van der Waals surface area (Å²) >= 11 is 0. The topological polar surface area (TPSA) is 69.6 Å². The lowest BCUT2D eigenvalue weighted by Gasteiger charge is -2.36. The lowest BCUT2D eigenvalue weighted by molar-refractivity contribution is 0.172. The van der Waals surface area contributed by atoms with Gasteiger partial charge in [0.1, 0.15) is 6.61 Å². The Labute approximate surface area is 208 Å². The fourth-order valence-electron chi connectivity index (χ4n) is 3.64. The van der Waals surface area contributed by atoms with Crippen molar-refractivity contribution in [3.8, 4) is 11.5 Å². The Morgan fingerprint density at radius 3 is 2.44 bits per heavy atom. The van der Waals surface area contributed by atoms with Crippen molar-refractivity contribution in [3.63, 3.8) is 0 Å². The second-order valence-electron chi connectivity index (χ2n) is 7.48. The molecule has 1 fully saturated rings. The summed E-state index contributed by atoms with van der Waals surface area (Å²) in [5, 5.41) is 12.4. The fraction of sp³-hybridized carbons (Fsp3) is 0.458. The summed E-state index contributed by atoms with van der Waals surface area (Å²) in [6, 6.07) is 16.4. The van der Waals surface area contributed by atoms with Crippen LogP contribution in [0, 0.1) is 0 Å². The highest BCUT2D eigenvalue weighted by Crippen LogP contribution is 2.28. The Bertz CT molecular complexity index is 827. The van der Waals surface area contributed by atoms with Gasteiger partial charge in [-0.3, -0.25) is 4.90 Å². The highest BCUT2D eigenvalue weighted by atomic mass is 127. The molecule has 2 N–H and O–H groups in total. The third-order valence-electron chi connectivity index (χ3n) is 5.24. The van der Waals surface area contributed by atoms with Crippen LogP contribution in [0.5, 0.6) is 11.5 Å². The number of methoxy groups -OCH3 is 1. The van der Waals surface area contributed by atoms with E-state index >= 15 is 0 Å². The number of aliphatic hydroxyl groups is 1. The molecular formula is C24H35IN4O3. The summed E-state index contributed by atoms with van der Waals surface area (Å²) in [4.78, 5) is 9.69. The minimum atomic E-state index is -0.0279. The smallest absolute Gasteiger partial charge is 0.194 e. The molecule has 2 aromatic carbocycles. The zero-order chi connectivity index (χ0) is 21.9. The molecule has 0 atom stereocenters. The first-order chi connectivity index (χ1) is 15.2. The molecule has 0 saturated carbocycles. The van der Waals surface area contributed by atoms with Gasteiger partial charge in [-0.05, 0) is 30.2 Å². The summed E-state index contributed by atoms with van der Waals surface area (Å²) in [7, 11) is 1.62. The number of piperazine rings is 1. The van der Waals surface area contributed by atoms with E-state index < -0.39 is 0 Å². The Morgan fingerprint density at radius 1 is 1.03 bits per heavy atom. The maximum atomic E-state index is 8.96. The number of aliphatic imine (C=N–C) groups is 1. The average Bonchev–Trinajstić information content (AvgIpc) is 2.82. The van der Waals surface area contributed by atoms with Gasteiger partial charge in [0, 0.05) is 39.3 Å². The molecule has 32 heavy (non-hydrogen) atoms. The zero-order valence-corrected chi connectivity index (χ0v) is 21.3. The van der Waals surface area contributed by atoms with Crippen LogP contribution in [0.4, 0.5) is 0 Å². The Balaban J connectivity index is 0.00000363. The molecular weight excluding hydrogens is 519 g/mol. The molecule has 0 aromatic heterocycles. The number of aliphatic hydroxyl groups excluding tert-OH is 1. The van der Waals surface area contributed by atoms with E-state index in [2.05, 4.69) is 52.4 Å². The predicted molar refractivity (Wildman–Crippen MR) is 139 cm³/mol. The number of hydrogen-bond donors (Lipinski definition) is 2. The molecule has 1 aliphatic heterocycles. The van der Waals surface area contributed by atoms with Crippen molar-refractivity contribution in [1.29, 1.82) is 0 Å². The van der Waals surface area contributed by atoms with Gasteiger partial charge in [-0.15, -0.1) is 24.0 Å². The molecule has 0 bridgehead atoms. The van der Waals surface area contributed by atoms with Crippen molar-refractivity contribution in [1.82, 2.24) is 15.1 Å². The van der Waals surface area contributed by atoms with Gasteiger partial charge in [-0.2, -0.15) is 0 Å². The van der Waals surface area contributed by atoms with Gasteiger partial charge in [-0.25, -0.2) is 4.99 Å². The van der Waals surface area contributed by atoms with Crippen LogP contribution in [0.25, 0.3) is 0 Å². The first-order valence-corrected chi connectivity index (χ1v) is 10.9. The lowest BCUT2D eigenvalue weighted by Crippen LogP contribution is -2.52. The SMILES string of the molecule is CCNC(=NCc1ccc(OCCO)c(OC)c1)N1CCN(Cc2ccccc2)CC1.I. The van der Waals surface area contributed by atoms with E-state index in [4.69, 9.17) is 19.6 Å². The Kier molecular flexibility index (Phi) is 11.6. The highest BCUT2D eigenvalue weighted by Gasteiger charge is 2.19. The number of guanidine groups is 1. The Hall–Kier alpha value is -2.04. The van der Waals surface area contributed by atoms with Crippen LogP contribution in [0.15, 0.2) is 53.5 Å². The maximum absolute atomic E-state index is 8.96. The van der Waals surface area contributed by atoms with Gasteiger partial charge in [0.15, 0.2) is 17.5 Å². The maximum Gasteiger partial charge on any atom is 0.194 e. The average molecular weight is 554 g/mol. The zero-order valence-electron chi connectivity index (χ0n) is 19.0. The van der Waals surface area contributed by atoms with E-state index in [1.54, 1.807) is 7.11 Å². The molecule has 0 radical (unpaired) electrons. The van der Waals surface area contributed by atoms with Crippen molar-refractivity contribution in [2.45, 2.75) is 20.0 Å². The molecule has 3 rings (SSSR count). The molecule has 0 aliphatic carbocycles. The van der Waals surface area contributed by atoms with Gasteiger partial charge < -0.3 is 24.8 Å². The van der Waals surface area contributed by atoms with Crippen LogP contribution in [-0.2, 0) is 13.1 Å². The van der Waals surface area contributed by atoms with Crippen LogP contribution >= 0.6 is 24.0 Å². The van der Waals surface area contributed by atoms with Crippen LogP contribution in [0.3, 0.4) is 0 Å². The highest BCUT2D eigenvalue weighted by molar-refractivity contribution is 14.0. The number of nitrogens with zero attached hydrogens (tertiary/aromatic N) is 3. The van der Waals surface area contributed by atoms with Crippen molar-refractivity contribution in [2.24, 2.45) is 4.99 Å². The van der Waals surface area contributed by atoms with Crippen molar-refractivity contribution in [2.75, 3.05) is 53.0 Å². The molecule has 0 unspecified atom stereocenters. The van der Waals surface area contributed by atoms with E-state index in [-0.39, 0.29) is 37.2 Å². The molecule has 1 saturated heterocycles. The number of ether oxygens (including phenoxy) is 2. The van der Waals surface area contributed by atoms with E-state index in [9.17, 15) is 0 Å². The molecule has 0 amide bonds. The number of halogens is 1. The van der Waals surface area contributed by atoms with Gasteiger partial charge in [-0.1, -0.05) is 36.4 Å². The first kappa shape index (κ1) is 26.2. The van der Waals surface area contributed by atoms with Crippen LogP contribution < -0.4 is 14.8 Å². The van der Waals surface area contributed by atoms with Gasteiger partial charge in [0.05, 0.1) is 20.3 Å². The second-order valence-corrected chi connectivity index (χ2v) is 7.48. The molecule has 176 valence electrons. The minimum absolute atomic E-state index is 0. The van der Waals surface area contributed by atoms with E-state index in [0.717, 1.165) is 50.8 Å². The van der Waals surface area contributed by atoms with Crippen molar-refractivity contribution >= 4 is 29.9 Å². The molecule has 0 spiro atoms. The molecule has 1 heterocycles. The van der Waals surface area contributed by atoms with Gasteiger partial charge in [0.25, 0.3) is 0 Å². The van der Waals surface area contributed by atoms with E-state index in [0.29, 0.717) is 18.0 Å². The summed E-state index contributed by atoms with van der Waals surface area (Å²) < 4.78 is 10.9. The third kappa shape index (κ3) is 7.83.